The van der Waals surface area contributed by atoms with Crippen molar-refractivity contribution in [2.24, 2.45) is 5.73 Å². The van der Waals surface area contributed by atoms with Gasteiger partial charge in [-0.05, 0) is 19.8 Å². The lowest BCUT2D eigenvalue weighted by atomic mass is 10.0. The van der Waals surface area contributed by atoms with E-state index in [-0.39, 0.29) is 12.1 Å². The van der Waals surface area contributed by atoms with Crippen LogP contribution >= 0.6 is 0 Å². The van der Waals surface area contributed by atoms with Crippen molar-refractivity contribution in [1.82, 2.24) is 4.90 Å². The van der Waals surface area contributed by atoms with E-state index >= 15 is 0 Å². The number of rotatable bonds is 2. The zero-order valence-corrected chi connectivity index (χ0v) is 7.36. The van der Waals surface area contributed by atoms with Gasteiger partial charge in [-0.15, -0.1) is 0 Å². The highest BCUT2D eigenvalue weighted by atomic mass is 16.4. The molecule has 0 aromatic heterocycles. The molecule has 0 aromatic rings. The van der Waals surface area contributed by atoms with Gasteiger partial charge in [-0.25, -0.2) is 0 Å². The number of carboxylic acids is 1. The van der Waals surface area contributed by atoms with Crippen LogP contribution in [0.2, 0.25) is 0 Å². The van der Waals surface area contributed by atoms with E-state index in [0.29, 0.717) is 0 Å². The van der Waals surface area contributed by atoms with Crippen molar-refractivity contribution >= 4 is 5.97 Å². The summed E-state index contributed by atoms with van der Waals surface area (Å²) in [7, 11) is 0. The van der Waals surface area contributed by atoms with Crippen molar-refractivity contribution in [3.8, 4) is 0 Å². The van der Waals surface area contributed by atoms with Crippen molar-refractivity contribution < 1.29 is 9.90 Å². The fourth-order valence-corrected chi connectivity index (χ4v) is 1.46. The van der Waals surface area contributed by atoms with Crippen molar-refractivity contribution in [1.29, 1.82) is 0 Å². The second-order valence-electron chi connectivity index (χ2n) is 3.39. The van der Waals surface area contributed by atoms with Crippen molar-refractivity contribution in [3.63, 3.8) is 0 Å². The van der Waals surface area contributed by atoms with E-state index in [2.05, 4.69) is 0 Å². The smallest absolute Gasteiger partial charge is 0.320 e. The van der Waals surface area contributed by atoms with Crippen molar-refractivity contribution in [3.05, 3.63) is 0 Å². The predicted molar refractivity (Wildman–Crippen MR) is 45.9 cm³/mol. The Bertz CT molecular complexity index is 164. The molecule has 12 heavy (non-hydrogen) atoms. The summed E-state index contributed by atoms with van der Waals surface area (Å²) in [6.45, 7) is 3.35. The van der Waals surface area contributed by atoms with Crippen LogP contribution in [-0.4, -0.2) is 41.1 Å². The molecule has 4 nitrogen and oxygen atoms in total. The standard InChI is InChI=1S/C8H16N2O2/c1-6(8(11)12)10-4-2-7(9)3-5-10/h6-7H,2-5,9H2,1H3,(H,11,12). The van der Waals surface area contributed by atoms with E-state index in [1.54, 1.807) is 6.92 Å². The van der Waals surface area contributed by atoms with E-state index < -0.39 is 5.97 Å². The largest absolute Gasteiger partial charge is 0.480 e. The summed E-state index contributed by atoms with van der Waals surface area (Å²) in [6, 6.07) is -0.0975. The molecule has 1 aliphatic heterocycles. The van der Waals surface area contributed by atoms with Crippen molar-refractivity contribution in [2.45, 2.75) is 31.8 Å². The van der Waals surface area contributed by atoms with Crippen LogP contribution < -0.4 is 5.73 Å². The van der Waals surface area contributed by atoms with Gasteiger partial charge in [0.15, 0.2) is 0 Å². The Labute approximate surface area is 72.3 Å². The molecule has 0 spiro atoms. The Morgan fingerprint density at radius 2 is 2.08 bits per heavy atom. The Morgan fingerprint density at radius 3 is 2.50 bits per heavy atom. The maximum absolute atomic E-state index is 10.6. The summed E-state index contributed by atoms with van der Waals surface area (Å²) >= 11 is 0. The fraction of sp³-hybridized carbons (Fsp3) is 0.875. The average molecular weight is 172 g/mol. The minimum absolute atomic E-state index is 0.266. The number of carboxylic acid groups (broad SMARTS) is 1. The first-order chi connectivity index (χ1) is 5.61. The summed E-state index contributed by atoms with van der Waals surface area (Å²) < 4.78 is 0. The number of aliphatic carboxylic acids is 1. The molecule has 0 bridgehead atoms. The summed E-state index contributed by atoms with van der Waals surface area (Å²) in [6.07, 6.45) is 1.83. The number of piperidine rings is 1. The van der Waals surface area contributed by atoms with Gasteiger partial charge < -0.3 is 10.8 Å². The number of hydrogen-bond acceptors (Lipinski definition) is 3. The maximum Gasteiger partial charge on any atom is 0.320 e. The van der Waals surface area contributed by atoms with Gasteiger partial charge in [0.1, 0.15) is 6.04 Å². The third-order valence-corrected chi connectivity index (χ3v) is 2.48. The van der Waals surface area contributed by atoms with Gasteiger partial charge in [0.05, 0.1) is 0 Å². The topological polar surface area (TPSA) is 66.6 Å². The molecule has 0 radical (unpaired) electrons. The fourth-order valence-electron chi connectivity index (χ4n) is 1.46. The lowest BCUT2D eigenvalue weighted by Crippen LogP contribution is -2.46. The van der Waals surface area contributed by atoms with Crippen LogP contribution in [0.1, 0.15) is 19.8 Å². The first kappa shape index (κ1) is 9.48. The monoisotopic (exact) mass is 172 g/mol. The normalized spacial score (nSPS) is 23.8. The van der Waals surface area contributed by atoms with Crippen LogP contribution in [0, 0.1) is 0 Å². The van der Waals surface area contributed by atoms with E-state index in [1.807, 2.05) is 4.90 Å². The zero-order valence-electron chi connectivity index (χ0n) is 7.36. The summed E-state index contributed by atoms with van der Waals surface area (Å²) in [5, 5.41) is 8.73. The second kappa shape index (κ2) is 3.87. The van der Waals surface area contributed by atoms with E-state index in [4.69, 9.17) is 10.8 Å². The molecule has 1 heterocycles. The van der Waals surface area contributed by atoms with Gasteiger partial charge in [-0.3, -0.25) is 9.69 Å². The minimum Gasteiger partial charge on any atom is -0.480 e. The van der Waals surface area contributed by atoms with E-state index in [1.165, 1.54) is 0 Å². The molecule has 0 amide bonds. The van der Waals surface area contributed by atoms with Gasteiger partial charge in [0.25, 0.3) is 0 Å². The van der Waals surface area contributed by atoms with E-state index in [9.17, 15) is 4.79 Å². The number of nitrogens with two attached hydrogens (primary N) is 1. The molecule has 4 heteroatoms. The Balaban J connectivity index is 2.39. The van der Waals surface area contributed by atoms with Gasteiger partial charge in [0, 0.05) is 19.1 Å². The second-order valence-corrected chi connectivity index (χ2v) is 3.39. The Kier molecular flexibility index (Phi) is 3.05. The predicted octanol–water partition coefficient (Wildman–Crippen LogP) is -0.117. The van der Waals surface area contributed by atoms with Gasteiger partial charge in [-0.2, -0.15) is 0 Å². The molecule has 1 atom stereocenters. The minimum atomic E-state index is -0.745. The molecule has 3 N–H and O–H groups in total. The number of carbonyl (C=O) groups is 1. The summed E-state index contributed by atoms with van der Waals surface area (Å²) in [5.74, 6) is -0.745. The summed E-state index contributed by atoms with van der Waals surface area (Å²) in [5.41, 5.74) is 5.70. The first-order valence-electron chi connectivity index (χ1n) is 4.33. The highest BCUT2D eigenvalue weighted by molar-refractivity contribution is 5.72. The average Bonchev–Trinajstić information content (AvgIpc) is 2.04. The van der Waals surface area contributed by atoms with Crippen LogP contribution in [0.5, 0.6) is 0 Å². The highest BCUT2D eigenvalue weighted by Crippen LogP contribution is 2.11. The number of nitrogens with zero attached hydrogens (tertiary/aromatic N) is 1. The highest BCUT2D eigenvalue weighted by Gasteiger charge is 2.24. The SMILES string of the molecule is CC(C(=O)O)N1CCC(N)CC1. The van der Waals surface area contributed by atoms with Crippen LogP contribution in [-0.2, 0) is 4.79 Å². The summed E-state index contributed by atoms with van der Waals surface area (Å²) in [4.78, 5) is 12.6. The molecule has 1 saturated heterocycles. The van der Waals surface area contributed by atoms with Gasteiger partial charge in [0.2, 0.25) is 0 Å². The third-order valence-electron chi connectivity index (χ3n) is 2.48. The lowest BCUT2D eigenvalue weighted by Gasteiger charge is -2.32. The molecule has 0 aromatic carbocycles. The van der Waals surface area contributed by atoms with Gasteiger partial charge >= 0.3 is 5.97 Å². The first-order valence-corrected chi connectivity index (χ1v) is 4.33. The molecule has 1 unspecified atom stereocenters. The van der Waals surface area contributed by atoms with Crippen LogP contribution in [0.25, 0.3) is 0 Å². The number of hydrogen-bond donors (Lipinski definition) is 2. The van der Waals surface area contributed by atoms with Crippen LogP contribution in [0.3, 0.4) is 0 Å². The quantitative estimate of drug-likeness (QED) is 0.609. The molecule has 1 rings (SSSR count). The maximum atomic E-state index is 10.6. The lowest BCUT2D eigenvalue weighted by molar-refractivity contribution is -0.143. The molecule has 1 aliphatic rings. The number of likely N-dealkylation sites (tertiary alicyclic amines) is 1. The molecule has 70 valence electrons. The van der Waals surface area contributed by atoms with Gasteiger partial charge in [-0.1, -0.05) is 0 Å². The molecule has 0 aliphatic carbocycles. The molecular formula is C8H16N2O2. The molecule has 0 saturated carbocycles. The zero-order chi connectivity index (χ0) is 9.14. The third kappa shape index (κ3) is 2.19. The van der Waals surface area contributed by atoms with Crippen LogP contribution in [0.4, 0.5) is 0 Å². The molecule has 1 fully saturated rings. The Hall–Kier alpha value is -0.610. The van der Waals surface area contributed by atoms with E-state index in [0.717, 1.165) is 25.9 Å². The Morgan fingerprint density at radius 1 is 1.58 bits per heavy atom. The van der Waals surface area contributed by atoms with Crippen molar-refractivity contribution in [2.75, 3.05) is 13.1 Å². The molecular weight excluding hydrogens is 156 g/mol. The van der Waals surface area contributed by atoms with Crippen LogP contribution in [0.15, 0.2) is 0 Å².